The lowest BCUT2D eigenvalue weighted by Gasteiger charge is -2.28. The Morgan fingerprint density at radius 1 is 0.645 bits per heavy atom. The number of amides is 4. The van der Waals surface area contributed by atoms with Gasteiger partial charge < -0.3 is 30.4 Å². The molecule has 6 aromatic rings. The lowest BCUT2D eigenvalue weighted by Crippen LogP contribution is -2.43. The topological polar surface area (TPSA) is 156 Å². The number of rotatable bonds is 11. The van der Waals surface area contributed by atoms with E-state index in [1.165, 1.54) is 0 Å². The summed E-state index contributed by atoms with van der Waals surface area (Å²) in [4.78, 5) is 73.9. The van der Waals surface area contributed by atoms with Crippen LogP contribution in [0.15, 0.2) is 109 Å². The molecule has 12 nitrogen and oxygen atoms in total. The van der Waals surface area contributed by atoms with Gasteiger partial charge in [-0.1, -0.05) is 84.8 Å². The molecule has 4 amide bonds. The van der Waals surface area contributed by atoms with Crippen LogP contribution in [0.4, 0.5) is 0 Å². The third kappa shape index (κ3) is 8.22. The Labute approximate surface area is 359 Å². The monoisotopic (exact) mass is 824 g/mol. The molecule has 4 aromatic carbocycles. The summed E-state index contributed by atoms with van der Waals surface area (Å²) < 4.78 is 0. The van der Waals surface area contributed by atoms with Crippen molar-refractivity contribution in [3.05, 3.63) is 143 Å². The van der Waals surface area contributed by atoms with Gasteiger partial charge in [-0.05, 0) is 97.4 Å². The molecule has 10 rings (SSSR count). The quantitative estimate of drug-likeness (QED) is 0.101. The van der Waals surface area contributed by atoms with E-state index in [0.717, 1.165) is 95.9 Å². The molecule has 2 saturated carbocycles. The van der Waals surface area contributed by atoms with Crippen LogP contribution >= 0.6 is 0 Å². The number of benzene rings is 4. The largest absolute Gasteiger partial charge is 0.346 e. The number of aromatic amines is 2. The molecule has 62 heavy (non-hydrogen) atoms. The molecule has 4 aliphatic rings. The summed E-state index contributed by atoms with van der Waals surface area (Å²) >= 11 is 0. The first-order chi connectivity index (χ1) is 30.4. The normalized spacial score (nSPS) is 19.4. The van der Waals surface area contributed by atoms with Gasteiger partial charge in [0, 0.05) is 42.2 Å². The van der Waals surface area contributed by atoms with Crippen LogP contribution in [0.5, 0.6) is 0 Å². The summed E-state index contributed by atoms with van der Waals surface area (Å²) in [5.74, 6) is 7.56. The molecule has 0 radical (unpaired) electrons. The van der Waals surface area contributed by atoms with Crippen LogP contribution in [0, 0.1) is 23.7 Å². The Morgan fingerprint density at radius 3 is 1.81 bits per heavy atom. The van der Waals surface area contributed by atoms with Gasteiger partial charge in [0.25, 0.3) is 0 Å². The number of H-pyrrole nitrogens is 2. The van der Waals surface area contributed by atoms with E-state index in [1.54, 1.807) is 6.20 Å². The average molecular weight is 825 g/mol. The molecule has 4 heterocycles. The van der Waals surface area contributed by atoms with Gasteiger partial charge in [-0.3, -0.25) is 19.2 Å². The van der Waals surface area contributed by atoms with Crippen molar-refractivity contribution in [1.82, 2.24) is 40.4 Å². The number of carbonyl (C=O) groups excluding carboxylic acids is 4. The number of likely N-dealkylation sites (tertiary alicyclic amines) is 2. The summed E-state index contributed by atoms with van der Waals surface area (Å²) in [7, 11) is 0. The first-order valence-electron chi connectivity index (χ1n) is 21.8. The lowest BCUT2D eigenvalue weighted by molar-refractivity contribution is -0.138. The van der Waals surface area contributed by atoms with Crippen molar-refractivity contribution in [3.63, 3.8) is 0 Å². The van der Waals surface area contributed by atoms with Crippen molar-refractivity contribution < 1.29 is 19.2 Å². The van der Waals surface area contributed by atoms with E-state index < -0.39 is 12.1 Å². The number of fused-ring (bicyclic) bond motifs is 1. The number of imidazole rings is 2. The van der Waals surface area contributed by atoms with Crippen molar-refractivity contribution in [2.75, 3.05) is 13.1 Å². The first kappa shape index (κ1) is 39.2. The Hall–Kier alpha value is -7.00. The van der Waals surface area contributed by atoms with Crippen LogP contribution < -0.4 is 10.6 Å². The smallest absolute Gasteiger partial charge is 0.250 e. The van der Waals surface area contributed by atoms with Gasteiger partial charge in [-0.15, -0.1) is 0 Å². The molecule has 2 saturated heterocycles. The average Bonchev–Trinajstić information content (AvgIpc) is 4.07. The molecule has 0 spiro atoms. The highest BCUT2D eigenvalue weighted by molar-refractivity contribution is 5.92. The minimum Gasteiger partial charge on any atom is -0.346 e. The van der Waals surface area contributed by atoms with E-state index in [2.05, 4.69) is 61.7 Å². The lowest BCUT2D eigenvalue weighted by atomic mass is 10.0. The summed E-state index contributed by atoms with van der Waals surface area (Å²) in [5, 5.41) is 8.17. The van der Waals surface area contributed by atoms with Crippen LogP contribution in [0.1, 0.15) is 110 Å². The Kier molecular flexibility index (Phi) is 10.6. The first-order valence-corrected chi connectivity index (χ1v) is 21.8. The number of nitrogens with zero attached hydrogens (tertiary/aromatic N) is 4. The highest BCUT2D eigenvalue weighted by Crippen LogP contribution is 2.37. The zero-order valence-electron chi connectivity index (χ0n) is 34.3. The van der Waals surface area contributed by atoms with Gasteiger partial charge in [0.05, 0.1) is 24.0 Å². The summed E-state index contributed by atoms with van der Waals surface area (Å²) in [6, 6.07) is 29.4. The molecular weight excluding hydrogens is 777 g/mol. The fourth-order valence-corrected chi connectivity index (χ4v) is 8.89. The van der Waals surface area contributed by atoms with Crippen LogP contribution in [0.3, 0.4) is 0 Å². The number of hydrogen-bond acceptors (Lipinski definition) is 6. The van der Waals surface area contributed by atoms with Gasteiger partial charge in [0.1, 0.15) is 29.4 Å². The molecule has 2 aromatic heterocycles. The molecule has 312 valence electrons. The highest BCUT2D eigenvalue weighted by Gasteiger charge is 2.40. The zero-order chi connectivity index (χ0) is 42.2. The summed E-state index contributed by atoms with van der Waals surface area (Å²) in [6.45, 7) is 1.19. The van der Waals surface area contributed by atoms with Crippen molar-refractivity contribution in [1.29, 1.82) is 0 Å². The number of carbonyl (C=O) groups is 4. The fraction of sp³-hybridized carbons (Fsp3) is 0.320. The van der Waals surface area contributed by atoms with Crippen molar-refractivity contribution in [3.8, 4) is 23.1 Å². The molecule has 4 N–H and O–H groups in total. The van der Waals surface area contributed by atoms with Gasteiger partial charge in [0.2, 0.25) is 23.6 Å². The van der Waals surface area contributed by atoms with Crippen LogP contribution in [0.2, 0.25) is 0 Å². The third-order valence-corrected chi connectivity index (χ3v) is 12.6. The second kappa shape index (κ2) is 16.8. The minimum atomic E-state index is -0.743. The van der Waals surface area contributed by atoms with Crippen molar-refractivity contribution in [2.45, 2.75) is 75.5 Å². The van der Waals surface area contributed by atoms with Crippen LogP contribution in [-0.4, -0.2) is 66.5 Å². The molecule has 4 fully saturated rings. The Balaban J connectivity index is 0.813. The van der Waals surface area contributed by atoms with Gasteiger partial charge in [0.15, 0.2) is 0 Å². The third-order valence-electron chi connectivity index (χ3n) is 12.6. The Morgan fingerprint density at radius 2 is 1.21 bits per heavy atom. The van der Waals surface area contributed by atoms with E-state index >= 15 is 0 Å². The Bertz CT molecular complexity index is 2710. The van der Waals surface area contributed by atoms with Crippen LogP contribution in [-0.2, 0) is 19.2 Å². The van der Waals surface area contributed by atoms with Crippen molar-refractivity contribution >= 4 is 34.4 Å². The molecule has 2 aliphatic carbocycles. The number of hydrogen-bond donors (Lipinski definition) is 4. The minimum absolute atomic E-state index is 0.00301. The second-order valence-corrected chi connectivity index (χ2v) is 17.0. The maximum absolute atomic E-state index is 14.1. The van der Waals surface area contributed by atoms with E-state index in [4.69, 9.17) is 4.98 Å². The summed E-state index contributed by atoms with van der Waals surface area (Å²) in [5.41, 5.74) is 4.82. The van der Waals surface area contributed by atoms with E-state index in [-0.39, 0.29) is 47.5 Å². The fourth-order valence-electron chi connectivity index (χ4n) is 8.89. The maximum Gasteiger partial charge on any atom is 0.250 e. The second-order valence-electron chi connectivity index (χ2n) is 17.0. The standard InChI is InChI=1S/C50H48N8O4/c59-47(34-18-19-34)55-43(32-9-3-1-4-10-32)49(61)57-25-7-13-41(57)45-51-29-39(53-45)24-16-31-15-17-37-28-38(23-22-36(37)27-31)40-30-52-46(54-40)42-14-8-26-58(42)50(62)44(33-11-5-2-6-12-33)56-48(60)35-20-21-35/h1-6,9-12,15,17,22-23,27-30,34-35,41-44H,7-8,13-14,18-21,25-26H2,(H,51,53)(H,52,54)(H,55,59)(H,56,60)/t41-,42-,43+,44+/m0/s1. The van der Waals surface area contributed by atoms with Gasteiger partial charge in [-0.25, -0.2) is 9.97 Å². The SMILES string of the molecule is O=C(N[C@@H](C(=O)N1CCC[C@H]1c1nc(-c2ccc3cc(C#Cc4cnc([C@@H]5CCCN5C(=O)[C@H](NC(=O)C5CC5)c5ccccc5)[nH]4)ccc3c2)c[nH]1)c1ccccc1)C1CC1. The molecule has 2 aliphatic heterocycles. The molecule has 0 bridgehead atoms. The van der Waals surface area contributed by atoms with Gasteiger partial charge in [-0.2, -0.15) is 0 Å². The van der Waals surface area contributed by atoms with Gasteiger partial charge >= 0.3 is 0 Å². The molecule has 4 atom stereocenters. The molecule has 0 unspecified atom stereocenters. The van der Waals surface area contributed by atoms with Crippen LogP contribution in [0.25, 0.3) is 22.0 Å². The summed E-state index contributed by atoms with van der Waals surface area (Å²) in [6.07, 6.45) is 10.3. The number of aromatic nitrogens is 4. The predicted octanol–water partition coefficient (Wildman–Crippen LogP) is 7.21. The highest BCUT2D eigenvalue weighted by atomic mass is 16.2. The zero-order valence-corrected chi connectivity index (χ0v) is 34.3. The maximum atomic E-state index is 14.1. The van der Waals surface area contributed by atoms with Crippen molar-refractivity contribution in [2.24, 2.45) is 11.8 Å². The van der Waals surface area contributed by atoms with E-state index in [0.29, 0.717) is 24.6 Å². The van der Waals surface area contributed by atoms with E-state index in [9.17, 15) is 19.2 Å². The molecular formula is C50H48N8O4. The van der Waals surface area contributed by atoms with E-state index in [1.807, 2.05) is 88.8 Å². The predicted molar refractivity (Wildman–Crippen MR) is 234 cm³/mol. The number of nitrogens with one attached hydrogen (secondary N) is 4. The molecule has 12 heteroatoms.